The van der Waals surface area contributed by atoms with Gasteiger partial charge in [0.15, 0.2) is 0 Å². The summed E-state index contributed by atoms with van der Waals surface area (Å²) in [5, 5.41) is 0. The molecule has 1 aromatic heterocycles. The summed E-state index contributed by atoms with van der Waals surface area (Å²) in [5.41, 5.74) is 0. The highest BCUT2D eigenvalue weighted by Crippen LogP contribution is 2.20. The van der Waals surface area contributed by atoms with Crippen LogP contribution in [0.15, 0.2) is 45.6 Å². The van der Waals surface area contributed by atoms with E-state index in [0.717, 1.165) is 8.95 Å². The number of rotatable bonds is 2. The summed E-state index contributed by atoms with van der Waals surface area (Å²) in [6, 6.07) is 7.81. The summed E-state index contributed by atoms with van der Waals surface area (Å²) in [5.74, 6) is 0.709. The van der Waals surface area contributed by atoms with Gasteiger partial charge in [0.2, 0.25) is 0 Å². The van der Waals surface area contributed by atoms with Crippen LogP contribution in [0.25, 0.3) is 0 Å². The fourth-order valence-corrected chi connectivity index (χ4v) is 1.43. The molecule has 0 fully saturated rings. The molecule has 5 heteroatoms. The number of hydrogen-bond acceptors (Lipinski definition) is 3. The van der Waals surface area contributed by atoms with Crippen LogP contribution in [-0.2, 0) is 0 Å². The summed E-state index contributed by atoms with van der Waals surface area (Å²) in [6.45, 7) is 0. The molecule has 76 valence electrons. The molecule has 2 rings (SSSR count). The molecule has 1 aromatic carbocycles. The van der Waals surface area contributed by atoms with E-state index >= 15 is 0 Å². The first-order valence-electron chi connectivity index (χ1n) is 4.15. The number of halogens is 2. The van der Waals surface area contributed by atoms with Crippen LogP contribution in [0.1, 0.15) is 0 Å². The van der Waals surface area contributed by atoms with E-state index in [1.54, 1.807) is 12.4 Å². The lowest BCUT2D eigenvalue weighted by Gasteiger charge is -2.02. The van der Waals surface area contributed by atoms with Gasteiger partial charge in [-0.1, -0.05) is 15.9 Å². The van der Waals surface area contributed by atoms with Crippen molar-refractivity contribution >= 4 is 31.9 Å². The average Bonchev–Trinajstić information content (AvgIpc) is 2.25. The topological polar surface area (TPSA) is 35.0 Å². The summed E-state index contributed by atoms with van der Waals surface area (Å²) >= 11 is 6.60. The molecule has 0 bridgehead atoms. The van der Waals surface area contributed by atoms with Gasteiger partial charge in [-0.3, -0.25) is 0 Å². The van der Waals surface area contributed by atoms with Crippen molar-refractivity contribution in [3.63, 3.8) is 0 Å². The minimum Gasteiger partial charge on any atom is -0.424 e. The molecule has 0 spiro atoms. The van der Waals surface area contributed by atoms with Gasteiger partial charge in [0, 0.05) is 16.9 Å². The lowest BCUT2D eigenvalue weighted by Crippen LogP contribution is -1.90. The highest BCUT2D eigenvalue weighted by Gasteiger charge is 1.99. The zero-order valence-electron chi connectivity index (χ0n) is 7.52. The van der Waals surface area contributed by atoms with E-state index in [1.807, 2.05) is 24.3 Å². The molecule has 0 saturated carbocycles. The molecule has 0 atom stereocenters. The Morgan fingerprint density at radius 2 is 1.47 bits per heavy atom. The maximum Gasteiger partial charge on any atom is 0.321 e. The van der Waals surface area contributed by atoms with Gasteiger partial charge in [-0.2, -0.15) is 0 Å². The molecule has 0 aliphatic heterocycles. The monoisotopic (exact) mass is 328 g/mol. The molecule has 0 unspecified atom stereocenters. The van der Waals surface area contributed by atoms with Crippen LogP contribution in [-0.4, -0.2) is 9.97 Å². The van der Waals surface area contributed by atoms with Gasteiger partial charge in [-0.05, 0) is 40.2 Å². The number of nitrogens with zero attached hydrogens (tertiary/aromatic N) is 2. The van der Waals surface area contributed by atoms with E-state index in [1.165, 1.54) is 0 Å². The van der Waals surface area contributed by atoms with Crippen molar-refractivity contribution in [3.8, 4) is 11.8 Å². The SMILES string of the molecule is Brc1ccc(Oc2ncc(Br)cn2)cc1. The van der Waals surface area contributed by atoms with Crippen LogP contribution in [0.5, 0.6) is 11.8 Å². The zero-order valence-corrected chi connectivity index (χ0v) is 10.7. The van der Waals surface area contributed by atoms with E-state index in [0.29, 0.717) is 11.8 Å². The second-order valence-corrected chi connectivity index (χ2v) is 4.57. The summed E-state index contributed by atoms with van der Waals surface area (Å²) in [4.78, 5) is 8.01. The standard InChI is InChI=1S/C10H6Br2N2O/c11-7-1-3-9(4-2-7)15-10-13-5-8(12)6-14-10/h1-6H. The van der Waals surface area contributed by atoms with Crippen molar-refractivity contribution in [2.24, 2.45) is 0 Å². The van der Waals surface area contributed by atoms with Crippen LogP contribution in [0, 0.1) is 0 Å². The molecule has 0 N–H and O–H groups in total. The zero-order chi connectivity index (χ0) is 10.7. The number of hydrogen-bond donors (Lipinski definition) is 0. The van der Waals surface area contributed by atoms with Gasteiger partial charge < -0.3 is 4.74 Å². The first kappa shape index (κ1) is 10.6. The molecular weight excluding hydrogens is 324 g/mol. The highest BCUT2D eigenvalue weighted by atomic mass is 79.9. The molecule has 0 aliphatic carbocycles. The minimum atomic E-state index is 0.334. The van der Waals surface area contributed by atoms with Crippen molar-refractivity contribution in [1.82, 2.24) is 9.97 Å². The number of ether oxygens (including phenoxy) is 1. The summed E-state index contributed by atoms with van der Waals surface area (Å²) in [7, 11) is 0. The Labute approximate surface area is 104 Å². The summed E-state index contributed by atoms with van der Waals surface area (Å²) in [6.07, 6.45) is 3.28. The average molecular weight is 330 g/mol. The highest BCUT2D eigenvalue weighted by molar-refractivity contribution is 9.10. The Hall–Kier alpha value is -0.940. The Morgan fingerprint density at radius 3 is 2.07 bits per heavy atom. The molecule has 1 heterocycles. The molecule has 0 saturated heterocycles. The van der Waals surface area contributed by atoms with Crippen molar-refractivity contribution in [2.75, 3.05) is 0 Å². The maximum absolute atomic E-state index is 5.42. The second-order valence-electron chi connectivity index (χ2n) is 2.74. The first-order chi connectivity index (χ1) is 7.24. The van der Waals surface area contributed by atoms with Gasteiger partial charge in [-0.15, -0.1) is 0 Å². The summed E-state index contributed by atoms with van der Waals surface area (Å²) < 4.78 is 7.26. The smallest absolute Gasteiger partial charge is 0.321 e. The molecule has 0 aliphatic rings. The number of aromatic nitrogens is 2. The van der Waals surface area contributed by atoms with Gasteiger partial charge in [-0.25, -0.2) is 9.97 Å². The van der Waals surface area contributed by atoms with E-state index in [9.17, 15) is 0 Å². The second kappa shape index (κ2) is 4.72. The molecule has 0 radical (unpaired) electrons. The van der Waals surface area contributed by atoms with Crippen molar-refractivity contribution in [3.05, 3.63) is 45.6 Å². The Kier molecular flexibility index (Phi) is 3.33. The van der Waals surface area contributed by atoms with Gasteiger partial charge in [0.1, 0.15) is 5.75 Å². The van der Waals surface area contributed by atoms with Crippen molar-refractivity contribution < 1.29 is 4.74 Å². The van der Waals surface area contributed by atoms with Crippen molar-refractivity contribution in [1.29, 1.82) is 0 Å². The molecular formula is C10H6Br2N2O. The molecule has 3 nitrogen and oxygen atoms in total. The van der Waals surface area contributed by atoms with Crippen LogP contribution in [0.2, 0.25) is 0 Å². The van der Waals surface area contributed by atoms with Crippen LogP contribution in [0.4, 0.5) is 0 Å². The molecule has 15 heavy (non-hydrogen) atoms. The third-order valence-corrected chi connectivity index (χ3v) is 2.56. The van der Waals surface area contributed by atoms with Crippen LogP contribution in [0.3, 0.4) is 0 Å². The van der Waals surface area contributed by atoms with Crippen LogP contribution < -0.4 is 4.74 Å². The lowest BCUT2D eigenvalue weighted by molar-refractivity contribution is 0.441. The Bertz CT molecular complexity index is 398. The first-order valence-corrected chi connectivity index (χ1v) is 5.73. The van der Waals surface area contributed by atoms with Gasteiger partial charge >= 0.3 is 6.01 Å². The fraction of sp³-hybridized carbons (Fsp3) is 0. The van der Waals surface area contributed by atoms with E-state index in [-0.39, 0.29) is 0 Å². The van der Waals surface area contributed by atoms with Crippen molar-refractivity contribution in [2.45, 2.75) is 0 Å². The quantitative estimate of drug-likeness (QED) is 0.840. The fourth-order valence-electron chi connectivity index (χ4n) is 0.961. The van der Waals surface area contributed by atoms with Gasteiger partial charge in [0.05, 0.1) is 4.47 Å². The predicted molar refractivity (Wildman–Crippen MR) is 63.9 cm³/mol. The Balaban J connectivity index is 2.15. The maximum atomic E-state index is 5.42. The molecule has 2 aromatic rings. The van der Waals surface area contributed by atoms with E-state index in [4.69, 9.17) is 4.74 Å². The minimum absolute atomic E-state index is 0.334. The van der Waals surface area contributed by atoms with E-state index < -0.39 is 0 Å². The normalized spacial score (nSPS) is 10.0. The Morgan fingerprint density at radius 1 is 0.867 bits per heavy atom. The van der Waals surface area contributed by atoms with Crippen LogP contribution >= 0.6 is 31.9 Å². The third-order valence-electron chi connectivity index (χ3n) is 1.62. The largest absolute Gasteiger partial charge is 0.424 e. The predicted octanol–water partition coefficient (Wildman–Crippen LogP) is 3.79. The number of benzene rings is 1. The van der Waals surface area contributed by atoms with E-state index in [2.05, 4.69) is 41.8 Å². The van der Waals surface area contributed by atoms with Gasteiger partial charge in [0.25, 0.3) is 0 Å². The third kappa shape index (κ3) is 3.00. The molecule has 0 amide bonds. The lowest BCUT2D eigenvalue weighted by atomic mass is 10.3.